The number of thiazole rings is 1. The van der Waals surface area contributed by atoms with Crippen LogP contribution in [0.15, 0.2) is 52.7 Å². The summed E-state index contributed by atoms with van der Waals surface area (Å²) in [6.45, 7) is 2.08. The highest BCUT2D eigenvalue weighted by Gasteiger charge is 2.23. The largest absolute Gasteiger partial charge is 0.298 e. The number of sulfonamides is 1. The number of aromatic nitrogens is 1. The molecule has 29 heavy (non-hydrogen) atoms. The van der Waals surface area contributed by atoms with Gasteiger partial charge >= 0.3 is 0 Å². The first-order valence-electron chi connectivity index (χ1n) is 8.80. The normalized spacial score (nSPS) is 11.6. The summed E-state index contributed by atoms with van der Waals surface area (Å²) in [5.41, 5.74) is 2.90. The molecule has 1 N–H and O–H groups in total. The molecule has 0 spiro atoms. The second-order valence-electron chi connectivity index (χ2n) is 6.48. The molecule has 9 heteroatoms. The Morgan fingerprint density at radius 3 is 2.48 bits per heavy atom. The monoisotopic (exact) mass is 433 g/mol. The molecule has 0 radical (unpaired) electrons. The van der Waals surface area contributed by atoms with E-state index in [0.29, 0.717) is 5.13 Å². The number of aryl methyl sites for hydroxylation is 1. The van der Waals surface area contributed by atoms with Gasteiger partial charge in [0.15, 0.2) is 5.13 Å². The van der Waals surface area contributed by atoms with Gasteiger partial charge in [0.1, 0.15) is 10.7 Å². The summed E-state index contributed by atoms with van der Waals surface area (Å²) in [5, 5.41) is 4.83. The van der Waals surface area contributed by atoms with E-state index < -0.39 is 26.6 Å². The van der Waals surface area contributed by atoms with E-state index in [2.05, 4.69) is 17.2 Å². The lowest BCUT2D eigenvalue weighted by molar-refractivity contribution is 0.102. The van der Waals surface area contributed by atoms with Crippen molar-refractivity contribution < 1.29 is 17.6 Å². The zero-order valence-corrected chi connectivity index (χ0v) is 17.8. The van der Waals surface area contributed by atoms with Gasteiger partial charge in [-0.2, -0.15) is 0 Å². The third-order valence-electron chi connectivity index (χ3n) is 4.33. The average molecular weight is 434 g/mol. The summed E-state index contributed by atoms with van der Waals surface area (Å²) in [6.07, 6.45) is 0.946. The van der Waals surface area contributed by atoms with Crippen LogP contribution in [0.3, 0.4) is 0 Å². The minimum Gasteiger partial charge on any atom is -0.298 e. The van der Waals surface area contributed by atoms with Crippen molar-refractivity contribution in [3.05, 3.63) is 64.8 Å². The molecule has 0 aliphatic rings. The SMILES string of the molecule is CCc1ccc(-c2csc(NC(=O)c3ccc(F)c(S(=O)(=O)N(C)C)c3)n2)cc1. The van der Waals surface area contributed by atoms with Gasteiger partial charge in [-0.3, -0.25) is 10.1 Å². The maximum absolute atomic E-state index is 14.0. The number of benzene rings is 2. The number of amides is 1. The van der Waals surface area contributed by atoms with Crippen LogP contribution in [0, 0.1) is 5.82 Å². The Labute approximate surface area is 173 Å². The van der Waals surface area contributed by atoms with Crippen LogP contribution in [-0.4, -0.2) is 37.7 Å². The van der Waals surface area contributed by atoms with Crippen molar-refractivity contribution in [2.45, 2.75) is 18.2 Å². The number of nitrogens with zero attached hydrogens (tertiary/aromatic N) is 2. The Balaban J connectivity index is 1.81. The lowest BCUT2D eigenvalue weighted by Gasteiger charge is -2.13. The fourth-order valence-corrected chi connectivity index (χ4v) is 4.28. The van der Waals surface area contributed by atoms with Crippen molar-refractivity contribution in [1.82, 2.24) is 9.29 Å². The van der Waals surface area contributed by atoms with Crippen LogP contribution in [0.1, 0.15) is 22.8 Å². The van der Waals surface area contributed by atoms with Crippen molar-refractivity contribution in [2.75, 3.05) is 19.4 Å². The summed E-state index contributed by atoms with van der Waals surface area (Å²) in [5.74, 6) is -1.48. The van der Waals surface area contributed by atoms with Gasteiger partial charge in [0.2, 0.25) is 10.0 Å². The smallest absolute Gasteiger partial charge is 0.257 e. The van der Waals surface area contributed by atoms with Gasteiger partial charge in [0, 0.05) is 30.6 Å². The van der Waals surface area contributed by atoms with E-state index in [1.807, 2.05) is 29.6 Å². The maximum atomic E-state index is 14.0. The average Bonchev–Trinajstić information content (AvgIpc) is 3.16. The van der Waals surface area contributed by atoms with Crippen LogP contribution < -0.4 is 5.32 Å². The highest BCUT2D eigenvalue weighted by atomic mass is 32.2. The summed E-state index contributed by atoms with van der Waals surface area (Å²) >= 11 is 1.25. The molecular weight excluding hydrogens is 413 g/mol. The number of rotatable bonds is 6. The van der Waals surface area contributed by atoms with Crippen molar-refractivity contribution in [3.8, 4) is 11.3 Å². The Kier molecular flexibility index (Phi) is 6.11. The minimum atomic E-state index is -4.01. The van der Waals surface area contributed by atoms with Crippen LogP contribution in [0.2, 0.25) is 0 Å². The quantitative estimate of drug-likeness (QED) is 0.637. The summed E-state index contributed by atoms with van der Waals surface area (Å²) < 4.78 is 39.4. The molecule has 0 aliphatic carbocycles. The first-order valence-corrected chi connectivity index (χ1v) is 11.1. The van der Waals surface area contributed by atoms with E-state index in [-0.39, 0.29) is 5.56 Å². The predicted molar refractivity (Wildman–Crippen MR) is 112 cm³/mol. The Hall–Kier alpha value is -2.62. The molecule has 3 rings (SSSR count). The van der Waals surface area contributed by atoms with Gasteiger partial charge in [0.05, 0.1) is 5.69 Å². The molecule has 2 aromatic carbocycles. The fraction of sp³-hybridized carbons (Fsp3) is 0.200. The predicted octanol–water partition coefficient (Wildman–Crippen LogP) is 4.01. The maximum Gasteiger partial charge on any atom is 0.257 e. The zero-order chi connectivity index (χ0) is 21.2. The molecule has 1 aromatic heterocycles. The topological polar surface area (TPSA) is 79.4 Å². The molecular formula is C20H20FN3O3S2. The van der Waals surface area contributed by atoms with Crippen LogP contribution >= 0.6 is 11.3 Å². The van der Waals surface area contributed by atoms with Crippen LogP contribution in [-0.2, 0) is 16.4 Å². The minimum absolute atomic E-state index is 0.0240. The van der Waals surface area contributed by atoms with Crippen molar-refractivity contribution in [2.24, 2.45) is 0 Å². The summed E-state index contributed by atoms with van der Waals surface area (Å²) in [7, 11) is -1.41. The lowest BCUT2D eigenvalue weighted by Crippen LogP contribution is -2.24. The number of hydrogen-bond donors (Lipinski definition) is 1. The van der Waals surface area contributed by atoms with Gasteiger partial charge in [-0.25, -0.2) is 22.1 Å². The molecule has 0 bridgehead atoms. The number of carbonyl (C=O) groups excluding carboxylic acids is 1. The van der Waals surface area contributed by atoms with Crippen molar-refractivity contribution in [3.63, 3.8) is 0 Å². The second kappa shape index (κ2) is 8.40. The number of anilines is 1. The first-order chi connectivity index (χ1) is 13.7. The van der Waals surface area contributed by atoms with Crippen LogP contribution in [0.4, 0.5) is 9.52 Å². The third-order valence-corrected chi connectivity index (χ3v) is 6.92. The van der Waals surface area contributed by atoms with E-state index in [1.165, 1.54) is 37.1 Å². The standard InChI is InChI=1S/C20H20FN3O3S2/c1-4-13-5-7-14(8-6-13)17-12-28-20(22-17)23-19(25)15-9-10-16(21)18(11-15)29(26,27)24(2)3/h5-12H,4H2,1-3H3,(H,22,23,25). The Bertz CT molecular complexity index is 1140. The number of carbonyl (C=O) groups is 1. The Morgan fingerprint density at radius 1 is 1.17 bits per heavy atom. The number of halogens is 1. The molecule has 0 saturated heterocycles. The van der Waals surface area contributed by atoms with E-state index in [0.717, 1.165) is 34.1 Å². The van der Waals surface area contributed by atoms with Gasteiger partial charge in [-0.1, -0.05) is 31.2 Å². The van der Waals surface area contributed by atoms with E-state index in [1.54, 1.807) is 0 Å². The van der Waals surface area contributed by atoms with Gasteiger partial charge in [0.25, 0.3) is 5.91 Å². The van der Waals surface area contributed by atoms with Gasteiger partial charge < -0.3 is 0 Å². The second-order valence-corrected chi connectivity index (χ2v) is 9.45. The van der Waals surface area contributed by atoms with Crippen LogP contribution in [0.5, 0.6) is 0 Å². The van der Waals surface area contributed by atoms with E-state index in [9.17, 15) is 17.6 Å². The van der Waals surface area contributed by atoms with Gasteiger partial charge in [-0.05, 0) is 30.2 Å². The molecule has 0 aliphatic heterocycles. The molecule has 0 unspecified atom stereocenters. The summed E-state index contributed by atoms with van der Waals surface area (Å²) in [6, 6.07) is 11.2. The van der Waals surface area contributed by atoms with E-state index in [4.69, 9.17) is 0 Å². The molecule has 1 heterocycles. The Morgan fingerprint density at radius 2 is 1.86 bits per heavy atom. The van der Waals surface area contributed by atoms with Crippen molar-refractivity contribution >= 4 is 32.4 Å². The highest BCUT2D eigenvalue weighted by Crippen LogP contribution is 2.26. The molecule has 6 nitrogen and oxygen atoms in total. The number of nitrogens with one attached hydrogen (secondary N) is 1. The lowest BCUT2D eigenvalue weighted by atomic mass is 10.1. The molecule has 0 atom stereocenters. The first kappa shape index (κ1) is 21.1. The van der Waals surface area contributed by atoms with Crippen LogP contribution in [0.25, 0.3) is 11.3 Å². The number of hydrogen-bond acceptors (Lipinski definition) is 5. The summed E-state index contributed by atoms with van der Waals surface area (Å²) in [4.78, 5) is 16.4. The fourth-order valence-electron chi connectivity index (χ4n) is 2.58. The molecule has 0 fully saturated rings. The molecule has 3 aromatic rings. The van der Waals surface area contributed by atoms with Gasteiger partial charge in [-0.15, -0.1) is 11.3 Å². The van der Waals surface area contributed by atoms with E-state index >= 15 is 0 Å². The molecule has 152 valence electrons. The molecule has 0 saturated carbocycles. The zero-order valence-electron chi connectivity index (χ0n) is 16.1. The third kappa shape index (κ3) is 4.52. The highest BCUT2D eigenvalue weighted by molar-refractivity contribution is 7.89. The van der Waals surface area contributed by atoms with Crippen molar-refractivity contribution in [1.29, 1.82) is 0 Å². The molecule has 1 amide bonds.